The Morgan fingerprint density at radius 2 is 1.87 bits per heavy atom. The maximum atomic E-state index is 8.58. The Morgan fingerprint density at radius 3 is 2.60 bits per heavy atom. The van der Waals surface area contributed by atoms with Crippen LogP contribution in [-0.2, 0) is 4.74 Å². The topological polar surface area (TPSA) is 41.5 Å². The van der Waals surface area contributed by atoms with E-state index in [1.165, 1.54) is 25.7 Å². The van der Waals surface area contributed by atoms with E-state index in [0.29, 0.717) is 6.61 Å². The second kappa shape index (κ2) is 9.13. The second-order valence-electron chi connectivity index (χ2n) is 4.41. The van der Waals surface area contributed by atoms with Crippen molar-refractivity contribution in [3.05, 3.63) is 0 Å². The van der Waals surface area contributed by atoms with E-state index in [0.717, 1.165) is 45.1 Å². The van der Waals surface area contributed by atoms with Crippen molar-refractivity contribution < 1.29 is 9.84 Å². The lowest BCUT2D eigenvalue weighted by Crippen LogP contribution is -2.21. The Labute approximate surface area is 93.2 Å². The lowest BCUT2D eigenvalue weighted by Gasteiger charge is -2.05. The van der Waals surface area contributed by atoms with Crippen molar-refractivity contribution in [2.45, 2.75) is 38.5 Å². The van der Waals surface area contributed by atoms with Crippen LogP contribution in [0.1, 0.15) is 38.5 Å². The summed E-state index contributed by atoms with van der Waals surface area (Å²) in [7, 11) is 0. The fourth-order valence-electron chi connectivity index (χ4n) is 1.52. The molecule has 1 fully saturated rings. The molecule has 0 unspecified atom stereocenters. The van der Waals surface area contributed by atoms with Crippen LogP contribution in [0.5, 0.6) is 0 Å². The van der Waals surface area contributed by atoms with E-state index in [1.54, 1.807) is 0 Å². The quantitative estimate of drug-likeness (QED) is 0.514. The molecule has 0 heterocycles. The molecule has 0 saturated heterocycles. The average molecular weight is 215 g/mol. The van der Waals surface area contributed by atoms with Gasteiger partial charge in [-0.05, 0) is 38.1 Å². The van der Waals surface area contributed by atoms with Gasteiger partial charge >= 0.3 is 0 Å². The monoisotopic (exact) mass is 215 g/mol. The van der Waals surface area contributed by atoms with Crippen LogP contribution in [-0.4, -0.2) is 38.0 Å². The molecule has 1 rings (SSSR count). The second-order valence-corrected chi connectivity index (χ2v) is 4.41. The number of aliphatic hydroxyl groups is 1. The zero-order chi connectivity index (χ0) is 10.8. The summed E-state index contributed by atoms with van der Waals surface area (Å²) in [5.41, 5.74) is 0. The van der Waals surface area contributed by atoms with Gasteiger partial charge in [0.2, 0.25) is 0 Å². The summed E-state index contributed by atoms with van der Waals surface area (Å²) in [5.74, 6) is 0.878. The van der Waals surface area contributed by atoms with Gasteiger partial charge in [0.05, 0.1) is 6.61 Å². The lowest BCUT2D eigenvalue weighted by molar-refractivity contribution is 0.126. The molecule has 0 spiro atoms. The van der Waals surface area contributed by atoms with Gasteiger partial charge in [-0.1, -0.05) is 12.8 Å². The predicted octanol–water partition coefficient (Wildman–Crippen LogP) is 1.56. The summed E-state index contributed by atoms with van der Waals surface area (Å²) in [6.07, 6.45) is 7.27. The highest BCUT2D eigenvalue weighted by atomic mass is 16.5. The summed E-state index contributed by atoms with van der Waals surface area (Å²) in [6.45, 7) is 4.22. The van der Waals surface area contributed by atoms with Crippen LogP contribution in [0, 0.1) is 5.92 Å². The van der Waals surface area contributed by atoms with Crippen LogP contribution in [0.15, 0.2) is 0 Å². The number of ether oxygens (including phenoxy) is 1. The molecule has 0 bridgehead atoms. The Bertz CT molecular complexity index is 138. The lowest BCUT2D eigenvalue weighted by atomic mass is 10.2. The van der Waals surface area contributed by atoms with Crippen molar-refractivity contribution in [3.8, 4) is 0 Å². The third kappa shape index (κ3) is 8.85. The summed E-state index contributed by atoms with van der Waals surface area (Å²) in [6, 6.07) is 0. The van der Waals surface area contributed by atoms with Crippen LogP contribution < -0.4 is 5.32 Å². The Balaban J connectivity index is 1.62. The minimum Gasteiger partial charge on any atom is -0.396 e. The van der Waals surface area contributed by atoms with E-state index < -0.39 is 0 Å². The maximum Gasteiger partial charge on any atom is 0.0591 e. The summed E-state index contributed by atoms with van der Waals surface area (Å²) < 4.78 is 5.51. The number of hydrogen-bond acceptors (Lipinski definition) is 3. The molecule has 1 aliphatic rings. The molecule has 3 nitrogen and oxygen atoms in total. The van der Waals surface area contributed by atoms with Gasteiger partial charge in [0, 0.05) is 19.8 Å². The van der Waals surface area contributed by atoms with E-state index in [-0.39, 0.29) is 0 Å². The number of nitrogens with one attached hydrogen (secondary N) is 1. The maximum absolute atomic E-state index is 8.58. The SMILES string of the molecule is OCCCCCCNCCOCC1CC1. The highest BCUT2D eigenvalue weighted by molar-refractivity contribution is 4.71. The van der Waals surface area contributed by atoms with Crippen molar-refractivity contribution in [3.63, 3.8) is 0 Å². The molecule has 0 amide bonds. The van der Waals surface area contributed by atoms with Gasteiger partial charge < -0.3 is 15.2 Å². The minimum absolute atomic E-state index is 0.336. The molecular weight excluding hydrogens is 190 g/mol. The van der Waals surface area contributed by atoms with E-state index in [2.05, 4.69) is 5.32 Å². The normalized spacial score (nSPS) is 15.8. The van der Waals surface area contributed by atoms with Crippen molar-refractivity contribution in [1.82, 2.24) is 5.32 Å². The Kier molecular flexibility index (Phi) is 7.88. The first-order valence-electron chi connectivity index (χ1n) is 6.33. The largest absolute Gasteiger partial charge is 0.396 e. The Hall–Kier alpha value is -0.120. The molecular formula is C12H25NO2. The van der Waals surface area contributed by atoms with Crippen LogP contribution >= 0.6 is 0 Å². The molecule has 0 atom stereocenters. The fraction of sp³-hybridized carbons (Fsp3) is 1.00. The molecule has 2 N–H and O–H groups in total. The highest BCUT2D eigenvalue weighted by Crippen LogP contribution is 2.28. The van der Waals surface area contributed by atoms with Crippen molar-refractivity contribution >= 4 is 0 Å². The summed E-state index contributed by atoms with van der Waals surface area (Å²) in [4.78, 5) is 0. The molecule has 0 aromatic rings. The molecule has 90 valence electrons. The van der Waals surface area contributed by atoms with E-state index in [9.17, 15) is 0 Å². The number of rotatable bonds is 11. The first kappa shape index (κ1) is 12.9. The third-order valence-electron chi connectivity index (χ3n) is 2.74. The first-order valence-corrected chi connectivity index (χ1v) is 6.33. The zero-order valence-electron chi connectivity index (χ0n) is 9.71. The minimum atomic E-state index is 0.336. The fourth-order valence-corrected chi connectivity index (χ4v) is 1.52. The van der Waals surface area contributed by atoms with Crippen molar-refractivity contribution in [2.75, 3.05) is 32.9 Å². The summed E-state index contributed by atoms with van der Waals surface area (Å²) in [5, 5.41) is 12.0. The number of hydrogen-bond donors (Lipinski definition) is 2. The van der Waals surface area contributed by atoms with Crippen molar-refractivity contribution in [1.29, 1.82) is 0 Å². The van der Waals surface area contributed by atoms with Gasteiger partial charge in [-0.25, -0.2) is 0 Å². The van der Waals surface area contributed by atoms with Gasteiger partial charge in [-0.15, -0.1) is 0 Å². The van der Waals surface area contributed by atoms with Crippen molar-refractivity contribution in [2.24, 2.45) is 5.92 Å². The van der Waals surface area contributed by atoms with E-state index >= 15 is 0 Å². The third-order valence-corrected chi connectivity index (χ3v) is 2.74. The molecule has 1 saturated carbocycles. The standard InChI is InChI=1S/C12H25NO2/c14-9-4-2-1-3-7-13-8-10-15-11-12-5-6-12/h12-14H,1-11H2. The van der Waals surface area contributed by atoms with Crippen LogP contribution in [0.25, 0.3) is 0 Å². The van der Waals surface area contributed by atoms with Gasteiger partial charge in [0.1, 0.15) is 0 Å². The van der Waals surface area contributed by atoms with Gasteiger partial charge in [-0.3, -0.25) is 0 Å². The number of unbranched alkanes of at least 4 members (excludes halogenated alkanes) is 3. The summed E-state index contributed by atoms with van der Waals surface area (Å²) >= 11 is 0. The van der Waals surface area contributed by atoms with E-state index in [1.807, 2.05) is 0 Å². The zero-order valence-corrected chi connectivity index (χ0v) is 9.71. The first-order chi connectivity index (χ1) is 7.43. The highest BCUT2D eigenvalue weighted by Gasteiger charge is 2.20. The molecule has 15 heavy (non-hydrogen) atoms. The molecule has 0 radical (unpaired) electrons. The Morgan fingerprint density at radius 1 is 1.07 bits per heavy atom. The number of aliphatic hydroxyl groups excluding tert-OH is 1. The van der Waals surface area contributed by atoms with Crippen LogP contribution in [0.3, 0.4) is 0 Å². The average Bonchev–Trinajstić information content (AvgIpc) is 3.05. The molecule has 0 aliphatic heterocycles. The van der Waals surface area contributed by atoms with Gasteiger partial charge in [0.25, 0.3) is 0 Å². The molecule has 0 aromatic carbocycles. The van der Waals surface area contributed by atoms with Gasteiger partial charge in [-0.2, -0.15) is 0 Å². The molecule has 1 aliphatic carbocycles. The molecule has 3 heteroatoms. The smallest absolute Gasteiger partial charge is 0.0591 e. The van der Waals surface area contributed by atoms with Gasteiger partial charge in [0.15, 0.2) is 0 Å². The van der Waals surface area contributed by atoms with E-state index in [4.69, 9.17) is 9.84 Å². The predicted molar refractivity (Wildman–Crippen MR) is 62.0 cm³/mol. The van der Waals surface area contributed by atoms with Crippen LogP contribution in [0.2, 0.25) is 0 Å². The molecule has 0 aromatic heterocycles. The van der Waals surface area contributed by atoms with Crippen LogP contribution in [0.4, 0.5) is 0 Å².